The van der Waals surface area contributed by atoms with Crippen molar-refractivity contribution in [3.8, 4) is 6.07 Å². The molecule has 0 atom stereocenters. The van der Waals surface area contributed by atoms with Crippen LogP contribution in [0.3, 0.4) is 0 Å². The van der Waals surface area contributed by atoms with Crippen LogP contribution in [0.15, 0.2) is 58.7 Å². The number of hydrogen-bond donors (Lipinski definition) is 3. The molecular weight excluding hydrogens is 308 g/mol. The van der Waals surface area contributed by atoms with E-state index in [-0.39, 0.29) is 11.5 Å². The summed E-state index contributed by atoms with van der Waals surface area (Å²) >= 11 is 1.75. The lowest BCUT2D eigenvalue weighted by Crippen LogP contribution is -2.21. The minimum atomic E-state index is -0.360. The Morgan fingerprint density at radius 1 is 1.30 bits per heavy atom. The quantitative estimate of drug-likeness (QED) is 0.314. The Bertz CT molecular complexity index is 718. The summed E-state index contributed by atoms with van der Waals surface area (Å²) in [6, 6.07) is 15.3. The van der Waals surface area contributed by atoms with Crippen molar-refractivity contribution in [2.75, 3.05) is 11.2 Å². The maximum atomic E-state index is 8.76. The summed E-state index contributed by atoms with van der Waals surface area (Å²) in [5.41, 5.74) is 9.61. The monoisotopic (exact) mass is 324 g/mol. The third-order valence-electron chi connectivity index (χ3n) is 2.87. The number of hydrogen-bond acceptors (Lipinski definition) is 6. The van der Waals surface area contributed by atoms with Crippen LogP contribution < -0.4 is 11.2 Å². The van der Waals surface area contributed by atoms with Gasteiger partial charge in [-0.05, 0) is 42.8 Å². The Kier molecular flexibility index (Phi) is 6.15. The van der Waals surface area contributed by atoms with Crippen LogP contribution in [0.5, 0.6) is 0 Å². The van der Waals surface area contributed by atoms with Crippen molar-refractivity contribution in [2.45, 2.75) is 11.3 Å². The van der Waals surface area contributed by atoms with Crippen molar-refractivity contribution in [1.82, 2.24) is 4.98 Å². The van der Waals surface area contributed by atoms with Crippen LogP contribution in [0, 0.1) is 16.7 Å². The van der Waals surface area contributed by atoms with E-state index in [1.54, 1.807) is 24.0 Å². The highest BCUT2D eigenvalue weighted by Gasteiger charge is 2.01. The standard InChI is InChI=1S/C16H16N6S/c17-11-15(16(18)19)22-21-13-4-6-14(7-5-13)23-10-8-12-3-1-2-9-20-12/h1-7,9,21H,8,10H2,(H3,18,19)/b22-15+. The lowest BCUT2D eigenvalue weighted by molar-refractivity contribution is 1.05. The molecule has 1 aromatic heterocycles. The largest absolute Gasteiger partial charge is 0.382 e. The number of benzene rings is 1. The van der Waals surface area contributed by atoms with Crippen molar-refractivity contribution in [2.24, 2.45) is 10.8 Å². The van der Waals surface area contributed by atoms with Gasteiger partial charge in [-0.3, -0.25) is 15.8 Å². The highest BCUT2D eigenvalue weighted by molar-refractivity contribution is 7.99. The van der Waals surface area contributed by atoms with E-state index in [2.05, 4.69) is 15.5 Å². The van der Waals surface area contributed by atoms with Crippen LogP contribution in [-0.4, -0.2) is 22.3 Å². The minimum Gasteiger partial charge on any atom is -0.382 e. The second-order valence-electron chi connectivity index (χ2n) is 4.54. The van der Waals surface area contributed by atoms with Crippen molar-refractivity contribution < 1.29 is 0 Å². The minimum absolute atomic E-state index is 0.140. The molecule has 23 heavy (non-hydrogen) atoms. The molecule has 4 N–H and O–H groups in total. The van der Waals surface area contributed by atoms with Gasteiger partial charge in [0.05, 0.1) is 5.69 Å². The number of anilines is 1. The van der Waals surface area contributed by atoms with E-state index in [0.29, 0.717) is 0 Å². The molecule has 0 radical (unpaired) electrons. The fraction of sp³-hybridized carbons (Fsp3) is 0.125. The molecule has 0 spiro atoms. The van der Waals surface area contributed by atoms with Crippen LogP contribution in [0.25, 0.3) is 0 Å². The molecule has 0 saturated heterocycles. The van der Waals surface area contributed by atoms with E-state index in [4.69, 9.17) is 16.4 Å². The normalized spacial score (nSPS) is 10.8. The Morgan fingerprint density at radius 3 is 2.70 bits per heavy atom. The smallest absolute Gasteiger partial charge is 0.201 e. The van der Waals surface area contributed by atoms with E-state index in [0.717, 1.165) is 28.5 Å². The van der Waals surface area contributed by atoms with Crippen molar-refractivity contribution in [1.29, 1.82) is 10.7 Å². The number of hydrazone groups is 1. The van der Waals surface area contributed by atoms with Gasteiger partial charge in [0.25, 0.3) is 0 Å². The van der Waals surface area contributed by atoms with Crippen molar-refractivity contribution >= 4 is 29.0 Å². The number of thioether (sulfide) groups is 1. The van der Waals surface area contributed by atoms with Gasteiger partial charge in [0.1, 0.15) is 6.07 Å². The Balaban J connectivity index is 1.85. The van der Waals surface area contributed by atoms with Gasteiger partial charge < -0.3 is 5.73 Å². The molecule has 0 bridgehead atoms. The molecule has 0 aliphatic carbocycles. The molecule has 0 fully saturated rings. The summed E-state index contributed by atoms with van der Waals surface area (Å²) in [7, 11) is 0. The first-order chi connectivity index (χ1) is 11.2. The van der Waals surface area contributed by atoms with Gasteiger partial charge in [0, 0.05) is 22.5 Å². The summed E-state index contributed by atoms with van der Waals surface area (Å²) in [6.45, 7) is 0. The van der Waals surface area contributed by atoms with Crippen LogP contribution in [0.1, 0.15) is 5.69 Å². The molecule has 0 amide bonds. The molecule has 0 unspecified atom stereocenters. The summed E-state index contributed by atoms with van der Waals surface area (Å²) in [4.78, 5) is 5.44. The number of aryl methyl sites for hydroxylation is 1. The fourth-order valence-corrected chi connectivity index (χ4v) is 2.59. The number of rotatable bonds is 7. The van der Waals surface area contributed by atoms with E-state index in [1.807, 2.05) is 42.5 Å². The number of amidine groups is 1. The molecule has 116 valence electrons. The predicted octanol–water partition coefficient (Wildman–Crippen LogP) is 2.64. The third kappa shape index (κ3) is 5.45. The second-order valence-corrected chi connectivity index (χ2v) is 5.71. The van der Waals surface area contributed by atoms with E-state index >= 15 is 0 Å². The SMILES string of the molecule is N#C/C(=N\Nc1ccc(SCCc2ccccn2)cc1)C(=N)N. The topological polar surface area (TPSA) is 111 Å². The molecule has 1 aromatic carbocycles. The van der Waals surface area contributed by atoms with Gasteiger partial charge in [-0.15, -0.1) is 11.8 Å². The summed E-state index contributed by atoms with van der Waals surface area (Å²) < 4.78 is 0. The number of nitrogens with one attached hydrogen (secondary N) is 2. The zero-order valence-electron chi connectivity index (χ0n) is 12.4. The van der Waals surface area contributed by atoms with Crippen molar-refractivity contribution in [3.63, 3.8) is 0 Å². The van der Waals surface area contributed by atoms with Gasteiger partial charge >= 0.3 is 0 Å². The fourth-order valence-electron chi connectivity index (χ4n) is 1.71. The third-order valence-corrected chi connectivity index (χ3v) is 3.88. The average Bonchev–Trinajstić information content (AvgIpc) is 2.57. The highest BCUT2D eigenvalue weighted by Crippen LogP contribution is 2.21. The number of nitriles is 1. The summed E-state index contributed by atoms with van der Waals surface area (Å²) in [5.74, 6) is 0.590. The zero-order valence-corrected chi connectivity index (χ0v) is 13.2. The maximum absolute atomic E-state index is 8.76. The van der Waals surface area contributed by atoms with Gasteiger partial charge in [0.15, 0.2) is 5.84 Å². The number of nitrogens with zero attached hydrogens (tertiary/aromatic N) is 3. The average molecular weight is 324 g/mol. The van der Waals surface area contributed by atoms with Gasteiger partial charge in [-0.1, -0.05) is 6.07 Å². The first-order valence-electron chi connectivity index (χ1n) is 6.90. The molecule has 2 aromatic rings. The molecule has 1 heterocycles. The molecule has 0 saturated carbocycles. The lowest BCUT2D eigenvalue weighted by atomic mass is 10.3. The second kappa shape index (κ2) is 8.56. The molecular formula is C16H16N6S. The van der Waals surface area contributed by atoms with E-state index in [1.165, 1.54) is 0 Å². The Morgan fingerprint density at radius 2 is 2.09 bits per heavy atom. The Hall–Kier alpha value is -2.85. The predicted molar refractivity (Wildman–Crippen MR) is 93.7 cm³/mol. The number of nitrogens with two attached hydrogens (primary N) is 1. The number of pyridine rings is 1. The van der Waals surface area contributed by atoms with E-state index in [9.17, 15) is 0 Å². The molecule has 7 heteroatoms. The van der Waals surface area contributed by atoms with Gasteiger partial charge in [0.2, 0.25) is 5.71 Å². The molecule has 2 rings (SSSR count). The van der Waals surface area contributed by atoms with Crippen LogP contribution in [-0.2, 0) is 6.42 Å². The molecule has 0 aliphatic rings. The first-order valence-corrected chi connectivity index (χ1v) is 7.88. The zero-order chi connectivity index (χ0) is 16.5. The van der Waals surface area contributed by atoms with Crippen LogP contribution in [0.2, 0.25) is 0 Å². The van der Waals surface area contributed by atoms with Gasteiger partial charge in [-0.25, -0.2) is 0 Å². The van der Waals surface area contributed by atoms with Crippen LogP contribution in [0.4, 0.5) is 5.69 Å². The summed E-state index contributed by atoms with van der Waals surface area (Å²) in [5, 5.41) is 19.7. The Labute approximate surface area is 138 Å². The highest BCUT2D eigenvalue weighted by atomic mass is 32.2. The molecule has 6 nitrogen and oxygen atoms in total. The molecule has 0 aliphatic heterocycles. The number of aromatic nitrogens is 1. The summed E-state index contributed by atoms with van der Waals surface area (Å²) in [6.07, 6.45) is 2.72. The van der Waals surface area contributed by atoms with Crippen molar-refractivity contribution in [3.05, 3.63) is 54.4 Å². The van der Waals surface area contributed by atoms with Crippen LogP contribution >= 0.6 is 11.8 Å². The van der Waals surface area contributed by atoms with E-state index < -0.39 is 0 Å². The van der Waals surface area contributed by atoms with Gasteiger partial charge in [-0.2, -0.15) is 10.4 Å². The lowest BCUT2D eigenvalue weighted by Gasteiger charge is -2.04. The maximum Gasteiger partial charge on any atom is 0.201 e. The first kappa shape index (κ1) is 16.5.